The molecule has 1 amide bonds. The van der Waals surface area contributed by atoms with Gasteiger partial charge in [-0.3, -0.25) is 9.59 Å². The van der Waals surface area contributed by atoms with E-state index >= 15 is 0 Å². The second-order valence-electron chi connectivity index (χ2n) is 16.8. The number of ether oxygens (including phenoxy) is 1. The first-order valence-corrected chi connectivity index (χ1v) is 24.6. The maximum atomic E-state index is 12.4. The molecular weight excluding hydrogens is 695 g/mol. The van der Waals surface area contributed by atoms with Crippen molar-refractivity contribution >= 4 is 11.9 Å². The summed E-state index contributed by atoms with van der Waals surface area (Å²) in [4.78, 5) is 24.4. The smallest absolute Gasteiger partial charge is 0.305 e. The van der Waals surface area contributed by atoms with Gasteiger partial charge in [-0.05, 0) is 57.8 Å². The molecule has 0 saturated heterocycles. The van der Waals surface area contributed by atoms with Crippen LogP contribution in [-0.4, -0.2) is 47.4 Å². The first-order valence-electron chi connectivity index (χ1n) is 24.6. The molecule has 0 aliphatic carbocycles. The van der Waals surface area contributed by atoms with Gasteiger partial charge in [0.05, 0.1) is 25.4 Å². The third-order valence-electron chi connectivity index (χ3n) is 11.2. The number of carbonyl (C=O) groups is 2. The van der Waals surface area contributed by atoms with E-state index in [0.717, 1.165) is 64.2 Å². The van der Waals surface area contributed by atoms with Crippen molar-refractivity contribution in [2.75, 3.05) is 13.2 Å². The molecule has 0 heterocycles. The van der Waals surface area contributed by atoms with Crippen molar-refractivity contribution in [3.05, 3.63) is 24.3 Å². The third-order valence-corrected chi connectivity index (χ3v) is 11.2. The Morgan fingerprint density at radius 3 is 1.27 bits per heavy atom. The molecule has 0 fully saturated rings. The van der Waals surface area contributed by atoms with Crippen molar-refractivity contribution in [3.8, 4) is 0 Å². The predicted octanol–water partition coefficient (Wildman–Crippen LogP) is 14.3. The predicted molar refractivity (Wildman–Crippen MR) is 241 cm³/mol. The van der Waals surface area contributed by atoms with Gasteiger partial charge in [0, 0.05) is 12.8 Å². The topological polar surface area (TPSA) is 95.9 Å². The van der Waals surface area contributed by atoms with E-state index in [2.05, 4.69) is 31.3 Å². The molecule has 0 saturated carbocycles. The lowest BCUT2D eigenvalue weighted by Crippen LogP contribution is -2.45. The van der Waals surface area contributed by atoms with Crippen LogP contribution in [0, 0.1) is 0 Å². The molecule has 0 aliphatic heterocycles. The number of nitrogens with one attached hydrogen (secondary N) is 1. The van der Waals surface area contributed by atoms with E-state index in [0.29, 0.717) is 19.4 Å². The summed E-state index contributed by atoms with van der Waals surface area (Å²) < 4.78 is 5.45. The van der Waals surface area contributed by atoms with Gasteiger partial charge in [0.25, 0.3) is 0 Å². The van der Waals surface area contributed by atoms with Gasteiger partial charge in [0.15, 0.2) is 0 Å². The molecule has 6 nitrogen and oxygen atoms in total. The highest BCUT2D eigenvalue weighted by Gasteiger charge is 2.18. The molecule has 56 heavy (non-hydrogen) atoms. The van der Waals surface area contributed by atoms with Crippen LogP contribution in [0.4, 0.5) is 0 Å². The van der Waals surface area contributed by atoms with E-state index in [4.69, 9.17) is 4.74 Å². The van der Waals surface area contributed by atoms with E-state index < -0.39 is 12.1 Å². The number of aliphatic hydroxyl groups is 2. The van der Waals surface area contributed by atoms with Crippen molar-refractivity contribution in [1.82, 2.24) is 5.32 Å². The summed E-state index contributed by atoms with van der Waals surface area (Å²) in [5.74, 6) is -0.0906. The molecule has 0 bridgehead atoms. The number of hydrogen-bond acceptors (Lipinski definition) is 5. The fraction of sp³-hybridized carbons (Fsp3) is 0.880. The van der Waals surface area contributed by atoms with Crippen LogP contribution in [0.3, 0.4) is 0 Å². The number of esters is 1. The van der Waals surface area contributed by atoms with Gasteiger partial charge >= 0.3 is 5.97 Å². The van der Waals surface area contributed by atoms with Gasteiger partial charge in [-0.1, -0.05) is 212 Å². The number of unbranched alkanes of at least 4 members (excludes halogenated alkanes) is 32. The molecule has 0 aromatic heterocycles. The zero-order valence-electron chi connectivity index (χ0n) is 37.4. The quantitative estimate of drug-likeness (QED) is 0.0324. The Balaban J connectivity index is 3.48. The molecule has 2 unspecified atom stereocenters. The lowest BCUT2D eigenvalue weighted by atomic mass is 10.0. The van der Waals surface area contributed by atoms with Crippen molar-refractivity contribution in [2.45, 2.75) is 270 Å². The van der Waals surface area contributed by atoms with Gasteiger partial charge in [-0.25, -0.2) is 0 Å². The first kappa shape index (κ1) is 54.3. The Hall–Kier alpha value is -1.66. The van der Waals surface area contributed by atoms with Crippen molar-refractivity contribution in [2.24, 2.45) is 0 Å². The average Bonchev–Trinajstić information content (AvgIpc) is 3.20. The van der Waals surface area contributed by atoms with Crippen LogP contribution in [0.1, 0.15) is 258 Å². The second kappa shape index (κ2) is 46.0. The van der Waals surface area contributed by atoms with Gasteiger partial charge in [-0.2, -0.15) is 0 Å². The van der Waals surface area contributed by atoms with Crippen molar-refractivity contribution in [1.29, 1.82) is 0 Å². The van der Waals surface area contributed by atoms with Crippen LogP contribution in [0.5, 0.6) is 0 Å². The highest BCUT2D eigenvalue weighted by molar-refractivity contribution is 5.76. The Bertz CT molecular complexity index is 874. The molecule has 0 aromatic rings. The lowest BCUT2D eigenvalue weighted by molar-refractivity contribution is -0.143. The highest BCUT2D eigenvalue weighted by atomic mass is 16.5. The Morgan fingerprint density at radius 1 is 0.482 bits per heavy atom. The average molecular weight is 790 g/mol. The van der Waals surface area contributed by atoms with Crippen molar-refractivity contribution in [3.63, 3.8) is 0 Å². The van der Waals surface area contributed by atoms with E-state index in [1.807, 2.05) is 6.08 Å². The minimum absolute atomic E-state index is 0.00310. The largest absolute Gasteiger partial charge is 0.466 e. The fourth-order valence-electron chi connectivity index (χ4n) is 7.39. The van der Waals surface area contributed by atoms with E-state index in [9.17, 15) is 19.8 Å². The fourth-order valence-corrected chi connectivity index (χ4v) is 7.39. The van der Waals surface area contributed by atoms with Crippen LogP contribution in [0.15, 0.2) is 24.3 Å². The van der Waals surface area contributed by atoms with Gasteiger partial charge in [0.1, 0.15) is 0 Å². The minimum atomic E-state index is -0.852. The van der Waals surface area contributed by atoms with Crippen LogP contribution < -0.4 is 5.32 Å². The van der Waals surface area contributed by atoms with Gasteiger partial charge < -0.3 is 20.3 Å². The van der Waals surface area contributed by atoms with E-state index in [-0.39, 0.29) is 18.5 Å². The van der Waals surface area contributed by atoms with Crippen LogP contribution >= 0.6 is 0 Å². The summed E-state index contributed by atoms with van der Waals surface area (Å²) in [5.41, 5.74) is 0. The Morgan fingerprint density at radius 2 is 0.839 bits per heavy atom. The molecule has 0 spiro atoms. The molecule has 0 aromatic carbocycles. The zero-order valence-corrected chi connectivity index (χ0v) is 37.4. The molecule has 6 heteroatoms. The zero-order chi connectivity index (χ0) is 40.8. The van der Waals surface area contributed by atoms with E-state index in [1.165, 1.54) is 167 Å². The summed E-state index contributed by atoms with van der Waals surface area (Å²) in [7, 11) is 0. The lowest BCUT2D eigenvalue weighted by Gasteiger charge is -2.20. The Kier molecular flexibility index (Phi) is 44.7. The van der Waals surface area contributed by atoms with Crippen LogP contribution in [-0.2, 0) is 14.3 Å². The molecule has 3 N–H and O–H groups in total. The second-order valence-corrected chi connectivity index (χ2v) is 16.8. The summed E-state index contributed by atoms with van der Waals surface area (Å²) in [5, 5.41) is 22.9. The van der Waals surface area contributed by atoms with Crippen molar-refractivity contribution < 1.29 is 24.5 Å². The standard InChI is InChI=1S/C50H95NO5/c1-3-5-7-9-11-13-15-20-24-28-32-36-40-44-50(55)56-45-41-37-33-29-25-22-19-17-16-18-21-23-27-31-35-39-43-49(54)51-47(46-52)48(53)42-38-34-30-26-14-12-10-8-6-4-2/h16,18,38,42,47-48,52-53H,3-15,17,19-37,39-41,43-46H2,1-2H3,(H,51,54)/b18-16-,42-38+. The maximum absolute atomic E-state index is 12.4. The minimum Gasteiger partial charge on any atom is -0.466 e. The SMILES string of the molecule is CCCCCCCCCC/C=C/C(O)C(CO)NC(=O)CCCCCCC/C=C\CCCCCCCCCOC(=O)CCCCCCCCCCCCCCC. The molecule has 2 atom stereocenters. The molecule has 0 rings (SSSR count). The normalized spacial score (nSPS) is 12.9. The monoisotopic (exact) mass is 790 g/mol. The summed E-state index contributed by atoms with van der Waals surface area (Å²) in [6.45, 7) is 4.85. The number of carbonyl (C=O) groups excluding carboxylic acids is 2. The summed E-state index contributed by atoms with van der Waals surface area (Å²) in [6.07, 6.45) is 53.2. The highest BCUT2D eigenvalue weighted by Crippen LogP contribution is 2.15. The summed E-state index contributed by atoms with van der Waals surface area (Å²) >= 11 is 0. The molecular formula is C50H95NO5. The van der Waals surface area contributed by atoms with Crippen LogP contribution in [0.2, 0.25) is 0 Å². The van der Waals surface area contributed by atoms with Gasteiger partial charge in [-0.15, -0.1) is 0 Å². The number of allylic oxidation sites excluding steroid dienone is 3. The van der Waals surface area contributed by atoms with E-state index in [1.54, 1.807) is 6.08 Å². The van der Waals surface area contributed by atoms with Gasteiger partial charge in [0.2, 0.25) is 5.91 Å². The number of aliphatic hydroxyl groups excluding tert-OH is 2. The summed E-state index contributed by atoms with van der Waals surface area (Å²) in [6, 6.07) is -0.637. The molecule has 330 valence electrons. The number of hydrogen-bond donors (Lipinski definition) is 3. The number of rotatable bonds is 45. The first-order chi connectivity index (χ1) is 27.5. The number of amides is 1. The molecule has 0 radical (unpaired) electrons. The van der Waals surface area contributed by atoms with Crippen LogP contribution in [0.25, 0.3) is 0 Å². The maximum Gasteiger partial charge on any atom is 0.305 e. The molecule has 0 aliphatic rings. The Labute approximate surface area is 348 Å². The third kappa shape index (κ3) is 42.0.